The molecule has 1 aromatic carbocycles. The van der Waals surface area contributed by atoms with Gasteiger partial charge in [0.05, 0.1) is 5.25 Å². The fourth-order valence-electron chi connectivity index (χ4n) is 4.07. The molecule has 160 valence electrons. The van der Waals surface area contributed by atoms with Crippen LogP contribution in [0, 0.1) is 0 Å². The maximum Gasteiger partial charge on any atom is 0.233 e. The number of nitrogens with zero attached hydrogens (tertiary/aromatic N) is 3. The number of para-hydroxylation sites is 1. The summed E-state index contributed by atoms with van der Waals surface area (Å²) in [4.78, 5) is 12.9. The van der Waals surface area contributed by atoms with Crippen LogP contribution >= 0.6 is 11.8 Å². The lowest BCUT2D eigenvalue weighted by molar-refractivity contribution is -0.121. The Kier molecular flexibility index (Phi) is 6.46. The standard InChI is InChI=1S/C23H30N4O2S/c1-4-20(22(28)24-17-11-6-5-7-12-17)30-23-26-25-21(27(23)15(2)3)19-14-16-10-8-9-13-18(16)29-19/h8-10,13-15,17,20H,4-7,11-12H2,1-3H3,(H,24,28)/t20-/m0/s1. The summed E-state index contributed by atoms with van der Waals surface area (Å²) >= 11 is 1.50. The SMILES string of the molecule is CC[C@H](Sc1nnc(-c2cc3ccccc3o2)n1C(C)C)C(=O)NC1CCCCC1. The zero-order valence-corrected chi connectivity index (χ0v) is 18.7. The molecule has 1 aliphatic rings. The number of hydrogen-bond acceptors (Lipinski definition) is 5. The second-order valence-electron chi connectivity index (χ2n) is 8.28. The van der Waals surface area contributed by atoms with Gasteiger partial charge in [-0.3, -0.25) is 9.36 Å². The lowest BCUT2D eigenvalue weighted by Crippen LogP contribution is -2.41. The lowest BCUT2D eigenvalue weighted by atomic mass is 9.95. The van der Waals surface area contributed by atoms with Gasteiger partial charge in [0.25, 0.3) is 0 Å². The zero-order chi connectivity index (χ0) is 21.1. The van der Waals surface area contributed by atoms with Crippen LogP contribution in [0.4, 0.5) is 0 Å². The number of aromatic nitrogens is 3. The molecule has 1 atom stereocenters. The van der Waals surface area contributed by atoms with E-state index in [4.69, 9.17) is 4.42 Å². The Morgan fingerprint density at radius 1 is 1.23 bits per heavy atom. The van der Waals surface area contributed by atoms with Crippen LogP contribution in [0.3, 0.4) is 0 Å². The number of nitrogens with one attached hydrogen (secondary N) is 1. The first-order chi connectivity index (χ1) is 14.6. The van der Waals surface area contributed by atoms with Crippen LogP contribution < -0.4 is 5.32 Å². The van der Waals surface area contributed by atoms with Crippen molar-refractivity contribution in [1.82, 2.24) is 20.1 Å². The van der Waals surface area contributed by atoms with Crippen LogP contribution in [0.25, 0.3) is 22.6 Å². The molecule has 1 N–H and O–H groups in total. The highest BCUT2D eigenvalue weighted by atomic mass is 32.2. The number of thioether (sulfide) groups is 1. The van der Waals surface area contributed by atoms with E-state index in [9.17, 15) is 4.79 Å². The number of carbonyl (C=O) groups is 1. The summed E-state index contributed by atoms with van der Waals surface area (Å²) in [6.07, 6.45) is 6.61. The average Bonchev–Trinajstić information content (AvgIpc) is 3.36. The smallest absolute Gasteiger partial charge is 0.233 e. The Morgan fingerprint density at radius 2 is 2.00 bits per heavy atom. The van der Waals surface area contributed by atoms with Crippen LogP contribution in [0.2, 0.25) is 0 Å². The van der Waals surface area contributed by atoms with Crippen LogP contribution in [0.1, 0.15) is 65.3 Å². The highest BCUT2D eigenvalue weighted by molar-refractivity contribution is 8.00. The van der Waals surface area contributed by atoms with E-state index in [1.165, 1.54) is 31.0 Å². The molecular weight excluding hydrogens is 396 g/mol. The van der Waals surface area contributed by atoms with E-state index < -0.39 is 0 Å². The summed E-state index contributed by atoms with van der Waals surface area (Å²) in [5.41, 5.74) is 0.832. The second kappa shape index (κ2) is 9.25. The molecule has 3 aromatic rings. The molecule has 2 aromatic heterocycles. The maximum atomic E-state index is 12.9. The van der Waals surface area contributed by atoms with Crippen molar-refractivity contribution in [3.63, 3.8) is 0 Å². The first-order valence-corrected chi connectivity index (χ1v) is 11.9. The van der Waals surface area contributed by atoms with Crippen molar-refractivity contribution in [2.45, 2.75) is 81.8 Å². The van der Waals surface area contributed by atoms with Gasteiger partial charge in [0.1, 0.15) is 5.58 Å². The molecule has 30 heavy (non-hydrogen) atoms. The molecule has 0 radical (unpaired) electrons. The number of hydrogen-bond donors (Lipinski definition) is 1. The molecule has 0 aliphatic heterocycles. The normalized spacial score (nSPS) is 16.3. The molecule has 6 nitrogen and oxygen atoms in total. The molecule has 2 heterocycles. The number of benzene rings is 1. The molecule has 0 spiro atoms. The third-order valence-corrected chi connectivity index (χ3v) is 7.01. The Balaban J connectivity index is 1.56. The topological polar surface area (TPSA) is 73.0 Å². The highest BCUT2D eigenvalue weighted by Crippen LogP contribution is 2.33. The minimum atomic E-state index is -0.183. The lowest BCUT2D eigenvalue weighted by Gasteiger charge is -2.25. The van der Waals surface area contributed by atoms with E-state index in [0.717, 1.165) is 35.4 Å². The van der Waals surface area contributed by atoms with E-state index in [1.54, 1.807) is 0 Å². The van der Waals surface area contributed by atoms with Crippen molar-refractivity contribution in [2.24, 2.45) is 0 Å². The quantitative estimate of drug-likeness (QED) is 0.498. The Labute approximate surface area is 181 Å². The third-order valence-electron chi connectivity index (χ3n) is 5.69. The van der Waals surface area contributed by atoms with Crippen molar-refractivity contribution in [2.75, 3.05) is 0 Å². The van der Waals surface area contributed by atoms with Gasteiger partial charge in [-0.1, -0.05) is 56.1 Å². The average molecular weight is 427 g/mol. The van der Waals surface area contributed by atoms with Gasteiger partial charge in [0, 0.05) is 17.5 Å². The van der Waals surface area contributed by atoms with Gasteiger partial charge in [-0.15, -0.1) is 10.2 Å². The first-order valence-electron chi connectivity index (χ1n) is 11.0. The summed E-state index contributed by atoms with van der Waals surface area (Å²) in [5.74, 6) is 1.51. The molecule has 1 fully saturated rings. The molecule has 1 aliphatic carbocycles. The van der Waals surface area contributed by atoms with Gasteiger partial charge in [-0.2, -0.15) is 0 Å². The van der Waals surface area contributed by atoms with Crippen molar-refractivity contribution in [3.05, 3.63) is 30.3 Å². The first kappa shape index (κ1) is 21.0. The Hall–Kier alpha value is -2.28. The third kappa shape index (κ3) is 4.41. The molecule has 1 amide bonds. The predicted molar refractivity (Wildman–Crippen MR) is 121 cm³/mol. The van der Waals surface area contributed by atoms with Crippen molar-refractivity contribution in [3.8, 4) is 11.6 Å². The minimum absolute atomic E-state index is 0.109. The molecule has 0 unspecified atom stereocenters. The van der Waals surface area contributed by atoms with Gasteiger partial charge in [-0.25, -0.2) is 0 Å². The molecule has 1 saturated carbocycles. The number of rotatable bonds is 7. The van der Waals surface area contributed by atoms with Crippen LogP contribution in [-0.2, 0) is 4.79 Å². The van der Waals surface area contributed by atoms with Gasteiger partial charge < -0.3 is 9.73 Å². The fraction of sp³-hybridized carbons (Fsp3) is 0.522. The van der Waals surface area contributed by atoms with Gasteiger partial charge >= 0.3 is 0 Å². The summed E-state index contributed by atoms with van der Waals surface area (Å²) in [6, 6.07) is 10.4. The molecule has 7 heteroatoms. The van der Waals surface area contributed by atoms with Crippen molar-refractivity contribution >= 4 is 28.6 Å². The minimum Gasteiger partial charge on any atom is -0.453 e. The van der Waals surface area contributed by atoms with Crippen molar-refractivity contribution in [1.29, 1.82) is 0 Å². The van der Waals surface area contributed by atoms with Crippen molar-refractivity contribution < 1.29 is 9.21 Å². The van der Waals surface area contributed by atoms with Crippen LogP contribution in [0.5, 0.6) is 0 Å². The van der Waals surface area contributed by atoms with E-state index in [0.29, 0.717) is 17.6 Å². The number of carbonyl (C=O) groups excluding carboxylic acids is 1. The molecular formula is C23H30N4O2S. The van der Waals surface area contributed by atoms with Gasteiger partial charge in [0.2, 0.25) is 11.7 Å². The van der Waals surface area contributed by atoms with E-state index in [1.807, 2.05) is 37.3 Å². The highest BCUT2D eigenvalue weighted by Gasteiger charge is 2.27. The number of fused-ring (bicyclic) bond motifs is 1. The summed E-state index contributed by atoms with van der Waals surface area (Å²) in [6.45, 7) is 6.25. The largest absolute Gasteiger partial charge is 0.453 e. The van der Waals surface area contributed by atoms with Crippen LogP contribution in [0.15, 0.2) is 39.9 Å². The van der Waals surface area contributed by atoms with E-state index >= 15 is 0 Å². The Morgan fingerprint density at radius 3 is 2.70 bits per heavy atom. The molecule has 0 saturated heterocycles. The summed E-state index contributed by atoms with van der Waals surface area (Å²) in [5, 5.41) is 13.7. The zero-order valence-electron chi connectivity index (χ0n) is 17.9. The molecule has 0 bridgehead atoms. The summed E-state index contributed by atoms with van der Waals surface area (Å²) in [7, 11) is 0. The second-order valence-corrected chi connectivity index (χ2v) is 9.45. The summed E-state index contributed by atoms with van der Waals surface area (Å²) < 4.78 is 8.09. The van der Waals surface area contributed by atoms with E-state index in [2.05, 4.69) is 33.9 Å². The maximum absolute atomic E-state index is 12.9. The fourth-order valence-corrected chi connectivity index (χ4v) is 5.17. The molecule has 4 rings (SSSR count). The number of furan rings is 1. The Bertz CT molecular complexity index is 971. The monoisotopic (exact) mass is 426 g/mol. The van der Waals surface area contributed by atoms with Gasteiger partial charge in [-0.05, 0) is 45.2 Å². The predicted octanol–water partition coefficient (Wildman–Crippen LogP) is 5.59. The van der Waals surface area contributed by atoms with Crippen LogP contribution in [-0.4, -0.2) is 32.0 Å². The van der Waals surface area contributed by atoms with Gasteiger partial charge in [0.15, 0.2) is 10.9 Å². The van der Waals surface area contributed by atoms with E-state index in [-0.39, 0.29) is 17.2 Å². The number of amides is 1.